The summed E-state index contributed by atoms with van der Waals surface area (Å²) >= 11 is 0. The fraction of sp³-hybridized carbons (Fsp3) is 0.250. The minimum absolute atomic E-state index is 0.0187. The molecule has 4 nitrogen and oxygen atoms in total. The summed E-state index contributed by atoms with van der Waals surface area (Å²) in [6.07, 6.45) is 1.47. The van der Waals surface area contributed by atoms with Gasteiger partial charge in [-0.1, -0.05) is 12.1 Å². The van der Waals surface area contributed by atoms with Crippen molar-refractivity contribution in [1.29, 1.82) is 0 Å². The highest BCUT2D eigenvalue weighted by Gasteiger charge is 2.27. The van der Waals surface area contributed by atoms with Crippen molar-refractivity contribution in [2.75, 3.05) is 0 Å². The Labute approximate surface area is 117 Å². The van der Waals surface area contributed by atoms with E-state index >= 15 is 0 Å². The molecule has 0 fully saturated rings. The molecule has 0 aromatic heterocycles. The van der Waals surface area contributed by atoms with Crippen LogP contribution in [-0.2, 0) is 6.42 Å². The van der Waals surface area contributed by atoms with Crippen LogP contribution >= 0.6 is 0 Å². The second kappa shape index (κ2) is 4.72. The predicted molar refractivity (Wildman–Crippen MR) is 76.0 cm³/mol. The van der Waals surface area contributed by atoms with Crippen LogP contribution in [0.1, 0.15) is 29.0 Å². The lowest BCUT2D eigenvalue weighted by Crippen LogP contribution is -2.30. The summed E-state index contributed by atoms with van der Waals surface area (Å²) < 4.78 is 0. The maximum absolute atomic E-state index is 9.73. The van der Waals surface area contributed by atoms with Crippen molar-refractivity contribution >= 4 is 0 Å². The smallest absolute Gasteiger partial charge is 0.157 e. The first-order valence-corrected chi connectivity index (χ1v) is 6.64. The molecule has 2 aromatic rings. The van der Waals surface area contributed by atoms with Crippen LogP contribution in [0.2, 0.25) is 0 Å². The van der Waals surface area contributed by atoms with Crippen LogP contribution in [0.5, 0.6) is 17.2 Å². The quantitative estimate of drug-likeness (QED) is 0.599. The van der Waals surface area contributed by atoms with Crippen LogP contribution in [0.25, 0.3) is 0 Å². The van der Waals surface area contributed by atoms with E-state index in [0.717, 1.165) is 23.1 Å². The van der Waals surface area contributed by atoms with Crippen molar-refractivity contribution < 1.29 is 15.3 Å². The first-order chi connectivity index (χ1) is 9.54. The lowest BCUT2D eigenvalue weighted by molar-refractivity contribution is 0.399. The highest BCUT2D eigenvalue weighted by Crippen LogP contribution is 2.41. The van der Waals surface area contributed by atoms with Gasteiger partial charge in [-0.05, 0) is 53.8 Å². The van der Waals surface area contributed by atoms with Gasteiger partial charge in [0.2, 0.25) is 0 Å². The summed E-state index contributed by atoms with van der Waals surface area (Å²) in [6, 6.07) is 10.3. The fourth-order valence-corrected chi connectivity index (χ4v) is 2.96. The summed E-state index contributed by atoms with van der Waals surface area (Å²) in [6.45, 7) is 0. The van der Waals surface area contributed by atoms with Crippen molar-refractivity contribution in [3.63, 3.8) is 0 Å². The lowest BCUT2D eigenvalue weighted by Gasteiger charge is -2.30. The molecule has 0 spiro atoms. The number of rotatable bonds is 1. The summed E-state index contributed by atoms with van der Waals surface area (Å²) in [5.41, 5.74) is 9.11. The van der Waals surface area contributed by atoms with Crippen molar-refractivity contribution in [3.8, 4) is 17.2 Å². The third-order valence-electron chi connectivity index (χ3n) is 3.93. The summed E-state index contributed by atoms with van der Waals surface area (Å²) in [7, 11) is 0. The van der Waals surface area contributed by atoms with Crippen LogP contribution in [-0.4, -0.2) is 21.4 Å². The highest BCUT2D eigenvalue weighted by molar-refractivity contribution is 5.51. The Morgan fingerprint density at radius 1 is 0.950 bits per heavy atom. The molecular formula is C16H17NO3. The van der Waals surface area contributed by atoms with Gasteiger partial charge < -0.3 is 21.1 Å². The largest absolute Gasteiger partial charge is 0.508 e. The van der Waals surface area contributed by atoms with E-state index in [1.54, 1.807) is 24.3 Å². The zero-order chi connectivity index (χ0) is 14.3. The Morgan fingerprint density at radius 2 is 1.60 bits per heavy atom. The zero-order valence-electron chi connectivity index (χ0n) is 11.0. The van der Waals surface area contributed by atoms with Gasteiger partial charge >= 0.3 is 0 Å². The van der Waals surface area contributed by atoms with E-state index in [9.17, 15) is 15.3 Å². The topological polar surface area (TPSA) is 86.7 Å². The first-order valence-electron chi connectivity index (χ1n) is 6.64. The molecule has 1 aliphatic rings. The molecule has 4 heteroatoms. The maximum atomic E-state index is 9.73. The molecule has 3 rings (SSSR count). The average Bonchev–Trinajstić information content (AvgIpc) is 2.41. The van der Waals surface area contributed by atoms with Crippen LogP contribution in [0, 0.1) is 0 Å². The Kier molecular flexibility index (Phi) is 3.03. The standard InChI is InChI=1S/C16H17NO3/c17-11-5-10-6-15(19)16(20)8-14(10)13(7-11)9-1-3-12(18)4-2-9/h1-4,6,8,11,13,18-20H,5,7,17H2/t11-,13-/m0/s1. The van der Waals surface area contributed by atoms with Crippen LogP contribution < -0.4 is 5.73 Å². The molecule has 0 aliphatic heterocycles. The summed E-state index contributed by atoms with van der Waals surface area (Å²) in [4.78, 5) is 0. The SMILES string of the molecule is N[C@H]1Cc2cc(O)c(O)cc2[C@H](c2ccc(O)cc2)C1. The van der Waals surface area contributed by atoms with E-state index in [0.29, 0.717) is 6.42 Å². The third-order valence-corrected chi connectivity index (χ3v) is 3.93. The number of hydrogen-bond donors (Lipinski definition) is 4. The van der Waals surface area contributed by atoms with Gasteiger partial charge in [0, 0.05) is 12.0 Å². The van der Waals surface area contributed by atoms with Gasteiger partial charge in [0.25, 0.3) is 0 Å². The number of phenols is 3. The zero-order valence-corrected chi connectivity index (χ0v) is 11.0. The van der Waals surface area contributed by atoms with E-state index in [4.69, 9.17) is 5.73 Å². The van der Waals surface area contributed by atoms with Gasteiger partial charge in [-0.2, -0.15) is 0 Å². The Bertz CT molecular complexity index is 637. The van der Waals surface area contributed by atoms with Crippen LogP contribution in [0.15, 0.2) is 36.4 Å². The van der Waals surface area contributed by atoms with E-state index in [-0.39, 0.29) is 29.2 Å². The van der Waals surface area contributed by atoms with Crippen molar-refractivity contribution in [1.82, 2.24) is 0 Å². The number of phenolic OH excluding ortho intramolecular Hbond substituents is 3. The molecule has 2 atom stereocenters. The number of fused-ring (bicyclic) bond motifs is 1. The molecule has 0 heterocycles. The Hall–Kier alpha value is -2.20. The first kappa shape index (κ1) is 12.8. The number of aromatic hydroxyl groups is 3. The van der Waals surface area contributed by atoms with E-state index < -0.39 is 0 Å². The molecule has 20 heavy (non-hydrogen) atoms. The molecule has 0 saturated heterocycles. The lowest BCUT2D eigenvalue weighted by atomic mass is 9.77. The minimum atomic E-state index is -0.109. The van der Waals surface area contributed by atoms with E-state index in [2.05, 4.69) is 0 Å². The van der Waals surface area contributed by atoms with Gasteiger partial charge in [-0.15, -0.1) is 0 Å². The average molecular weight is 271 g/mol. The van der Waals surface area contributed by atoms with Crippen molar-refractivity contribution in [3.05, 3.63) is 53.1 Å². The van der Waals surface area contributed by atoms with Gasteiger partial charge in [-0.25, -0.2) is 0 Å². The second-order valence-corrected chi connectivity index (χ2v) is 5.38. The molecule has 0 bridgehead atoms. The monoisotopic (exact) mass is 271 g/mol. The molecule has 0 radical (unpaired) electrons. The Morgan fingerprint density at radius 3 is 2.30 bits per heavy atom. The Balaban J connectivity index is 2.09. The number of hydrogen-bond acceptors (Lipinski definition) is 4. The van der Waals surface area contributed by atoms with Crippen molar-refractivity contribution in [2.24, 2.45) is 5.73 Å². The molecule has 2 aromatic carbocycles. The van der Waals surface area contributed by atoms with Crippen molar-refractivity contribution in [2.45, 2.75) is 24.8 Å². The van der Waals surface area contributed by atoms with Gasteiger partial charge in [0.1, 0.15) is 5.75 Å². The fourth-order valence-electron chi connectivity index (χ4n) is 2.96. The molecule has 104 valence electrons. The molecular weight excluding hydrogens is 254 g/mol. The maximum Gasteiger partial charge on any atom is 0.157 e. The summed E-state index contributed by atoms with van der Waals surface area (Å²) in [5, 5.41) is 28.7. The van der Waals surface area contributed by atoms with Gasteiger partial charge in [0.05, 0.1) is 0 Å². The molecule has 0 unspecified atom stereocenters. The molecule has 5 N–H and O–H groups in total. The third kappa shape index (κ3) is 2.18. The highest BCUT2D eigenvalue weighted by atomic mass is 16.3. The number of nitrogens with two attached hydrogens (primary N) is 1. The molecule has 1 aliphatic carbocycles. The second-order valence-electron chi connectivity index (χ2n) is 5.38. The normalized spacial score (nSPS) is 21.4. The van der Waals surface area contributed by atoms with Crippen LogP contribution in [0.3, 0.4) is 0 Å². The summed E-state index contributed by atoms with van der Waals surface area (Å²) in [5.74, 6) is 0.0776. The minimum Gasteiger partial charge on any atom is -0.508 e. The predicted octanol–water partition coefficient (Wildman–Crippen LogP) is 2.21. The van der Waals surface area contributed by atoms with Gasteiger partial charge in [0.15, 0.2) is 11.5 Å². The molecule has 0 amide bonds. The van der Waals surface area contributed by atoms with Gasteiger partial charge in [-0.3, -0.25) is 0 Å². The number of benzene rings is 2. The molecule has 0 saturated carbocycles. The van der Waals surface area contributed by atoms with E-state index in [1.807, 2.05) is 12.1 Å². The van der Waals surface area contributed by atoms with Crippen LogP contribution in [0.4, 0.5) is 0 Å². The van der Waals surface area contributed by atoms with E-state index in [1.165, 1.54) is 0 Å².